The smallest absolute Gasteiger partial charge is 0.317 e. The lowest BCUT2D eigenvalue weighted by molar-refractivity contribution is -0.142. The summed E-state index contributed by atoms with van der Waals surface area (Å²) < 4.78 is 17.1. The molecule has 19 heavy (non-hydrogen) atoms. The second-order valence-corrected chi connectivity index (χ2v) is 7.59. The fourth-order valence-electron chi connectivity index (χ4n) is 2.11. The molecular formula is C14H29O4P. The van der Waals surface area contributed by atoms with Gasteiger partial charge in [-0.15, -0.1) is 0 Å². The van der Waals surface area contributed by atoms with Gasteiger partial charge in [0.2, 0.25) is 0 Å². The van der Waals surface area contributed by atoms with Crippen LogP contribution in [0.2, 0.25) is 0 Å². The number of rotatable bonds is 9. The zero-order valence-corrected chi connectivity index (χ0v) is 14.1. The van der Waals surface area contributed by atoms with Crippen LogP contribution in [-0.4, -0.2) is 36.7 Å². The van der Waals surface area contributed by atoms with E-state index in [1.807, 2.05) is 34.6 Å². The normalized spacial score (nSPS) is 13.2. The van der Waals surface area contributed by atoms with E-state index in [-0.39, 0.29) is 11.6 Å². The van der Waals surface area contributed by atoms with Crippen molar-refractivity contribution in [2.24, 2.45) is 0 Å². The molecule has 0 aromatic carbocycles. The first kappa shape index (κ1) is 18.7. The quantitative estimate of drug-likeness (QED) is 0.478. The fourth-order valence-corrected chi connectivity index (χ4v) is 5.39. The number of carbonyl (C=O) groups is 1. The Labute approximate surface area is 118 Å². The third-order valence-corrected chi connectivity index (χ3v) is 6.73. The van der Waals surface area contributed by atoms with Gasteiger partial charge in [-0.1, -0.05) is 13.3 Å². The molecule has 0 fully saturated rings. The molecule has 1 unspecified atom stereocenters. The van der Waals surface area contributed by atoms with Crippen molar-refractivity contribution >= 4 is 18.6 Å². The molecule has 0 amide bonds. The molecule has 0 heterocycles. The van der Waals surface area contributed by atoms with E-state index in [0.29, 0.717) is 19.8 Å². The Kier molecular flexibility index (Phi) is 9.42. The van der Waals surface area contributed by atoms with Gasteiger partial charge in [0.1, 0.15) is 13.0 Å². The summed E-state index contributed by atoms with van der Waals surface area (Å²) in [6.07, 6.45) is 1.93. The van der Waals surface area contributed by atoms with Gasteiger partial charge in [-0.05, 0) is 46.3 Å². The summed E-state index contributed by atoms with van der Waals surface area (Å²) in [6.45, 7) is 13.2. The van der Waals surface area contributed by atoms with Crippen LogP contribution >= 0.6 is 7.34 Å². The van der Waals surface area contributed by atoms with Crippen molar-refractivity contribution in [2.45, 2.75) is 60.0 Å². The Morgan fingerprint density at radius 3 is 1.95 bits per heavy atom. The molecule has 1 atom stereocenters. The van der Waals surface area contributed by atoms with Crippen molar-refractivity contribution in [3.05, 3.63) is 0 Å². The van der Waals surface area contributed by atoms with E-state index in [0.717, 1.165) is 18.1 Å². The minimum Gasteiger partial charge on any atom is -0.465 e. The molecule has 0 aliphatic rings. The van der Waals surface area contributed by atoms with Gasteiger partial charge in [0.25, 0.3) is 0 Å². The Balaban J connectivity index is 5.56. The second kappa shape index (κ2) is 9.57. The largest absolute Gasteiger partial charge is 0.465 e. The van der Waals surface area contributed by atoms with Gasteiger partial charge in [-0.25, -0.2) is 0 Å². The summed E-state index contributed by atoms with van der Waals surface area (Å²) >= 11 is 0. The molecule has 0 radical (unpaired) electrons. The SMILES string of the molecule is CCCC(C)=P(OCC)(OCC)C(C)C(=O)OCC. The minimum atomic E-state index is -2.34. The van der Waals surface area contributed by atoms with E-state index in [9.17, 15) is 4.79 Å². The first-order valence-corrected chi connectivity index (χ1v) is 8.86. The summed E-state index contributed by atoms with van der Waals surface area (Å²) in [4.78, 5) is 12.1. The molecule has 0 spiro atoms. The van der Waals surface area contributed by atoms with Gasteiger partial charge >= 0.3 is 5.97 Å². The number of ether oxygens (including phenoxy) is 1. The second-order valence-electron chi connectivity index (χ2n) is 4.35. The maximum Gasteiger partial charge on any atom is 0.317 e. The lowest BCUT2D eigenvalue weighted by Crippen LogP contribution is -2.26. The highest BCUT2D eigenvalue weighted by atomic mass is 31.2. The molecular weight excluding hydrogens is 263 g/mol. The first-order valence-electron chi connectivity index (χ1n) is 7.17. The van der Waals surface area contributed by atoms with Gasteiger partial charge in [0.05, 0.1) is 19.8 Å². The van der Waals surface area contributed by atoms with Crippen molar-refractivity contribution in [2.75, 3.05) is 19.8 Å². The number of hydrogen-bond acceptors (Lipinski definition) is 4. The highest BCUT2D eigenvalue weighted by molar-refractivity contribution is 7.68. The molecule has 0 rings (SSSR count). The third-order valence-electron chi connectivity index (χ3n) is 2.92. The van der Waals surface area contributed by atoms with Crippen LogP contribution in [0.5, 0.6) is 0 Å². The average molecular weight is 292 g/mol. The van der Waals surface area contributed by atoms with Gasteiger partial charge in [0.15, 0.2) is 0 Å². The number of esters is 1. The van der Waals surface area contributed by atoms with Crippen molar-refractivity contribution in [1.29, 1.82) is 0 Å². The maximum atomic E-state index is 12.1. The molecule has 0 bridgehead atoms. The van der Waals surface area contributed by atoms with Gasteiger partial charge in [-0.3, -0.25) is 4.79 Å². The third kappa shape index (κ3) is 4.94. The van der Waals surface area contributed by atoms with E-state index >= 15 is 0 Å². The summed E-state index contributed by atoms with van der Waals surface area (Å²) in [6, 6.07) is 0. The van der Waals surface area contributed by atoms with Crippen LogP contribution in [-0.2, 0) is 18.6 Å². The fraction of sp³-hybridized carbons (Fsp3) is 0.857. The van der Waals surface area contributed by atoms with Crippen LogP contribution in [0.1, 0.15) is 54.4 Å². The Bertz CT molecular complexity index is 315. The molecule has 0 aromatic rings. The molecule has 0 saturated carbocycles. The predicted molar refractivity (Wildman–Crippen MR) is 81.9 cm³/mol. The van der Waals surface area contributed by atoms with E-state index in [1.165, 1.54) is 0 Å². The van der Waals surface area contributed by atoms with Crippen LogP contribution in [0.3, 0.4) is 0 Å². The summed E-state index contributed by atoms with van der Waals surface area (Å²) in [5, 5.41) is 1.15. The summed E-state index contributed by atoms with van der Waals surface area (Å²) in [5.41, 5.74) is -0.362. The Hall–Kier alpha value is -0.310. The van der Waals surface area contributed by atoms with Crippen molar-refractivity contribution in [1.82, 2.24) is 0 Å². The first-order chi connectivity index (χ1) is 8.99. The molecule has 0 N–H and O–H groups in total. The van der Waals surface area contributed by atoms with Crippen LogP contribution in [0.25, 0.3) is 0 Å². The monoisotopic (exact) mass is 292 g/mol. The Morgan fingerprint density at radius 1 is 1.05 bits per heavy atom. The highest BCUT2D eigenvalue weighted by Crippen LogP contribution is 2.57. The molecule has 0 aromatic heterocycles. The lowest BCUT2D eigenvalue weighted by Gasteiger charge is -2.32. The lowest BCUT2D eigenvalue weighted by atomic mass is 10.3. The van der Waals surface area contributed by atoms with Crippen LogP contribution in [0, 0.1) is 0 Å². The van der Waals surface area contributed by atoms with E-state index in [4.69, 9.17) is 13.8 Å². The average Bonchev–Trinajstić information content (AvgIpc) is 2.38. The van der Waals surface area contributed by atoms with Gasteiger partial charge in [-0.2, -0.15) is 0 Å². The molecule has 5 heteroatoms. The standard InChI is InChI=1S/C14H29O4P/c1-7-11-12(5)19(17-9-3,18-10-4)13(6)14(15)16-8-2/h13H,7-11H2,1-6H3. The van der Waals surface area contributed by atoms with Gasteiger partial charge < -0.3 is 13.8 Å². The predicted octanol–water partition coefficient (Wildman–Crippen LogP) is 3.85. The zero-order valence-electron chi connectivity index (χ0n) is 13.2. The molecule has 0 aliphatic carbocycles. The maximum absolute atomic E-state index is 12.1. The highest BCUT2D eigenvalue weighted by Gasteiger charge is 2.35. The number of hydrogen-bond donors (Lipinski definition) is 0. The Morgan fingerprint density at radius 2 is 1.58 bits per heavy atom. The van der Waals surface area contributed by atoms with Crippen LogP contribution in [0.4, 0.5) is 0 Å². The van der Waals surface area contributed by atoms with Crippen LogP contribution in [0.15, 0.2) is 0 Å². The van der Waals surface area contributed by atoms with E-state index < -0.39 is 7.34 Å². The molecule has 0 aliphatic heterocycles. The molecule has 4 nitrogen and oxygen atoms in total. The minimum absolute atomic E-state index is 0.229. The van der Waals surface area contributed by atoms with E-state index in [1.54, 1.807) is 0 Å². The van der Waals surface area contributed by atoms with Crippen molar-refractivity contribution in [3.63, 3.8) is 0 Å². The molecule has 114 valence electrons. The topological polar surface area (TPSA) is 44.8 Å². The molecule has 0 saturated heterocycles. The summed E-state index contributed by atoms with van der Waals surface area (Å²) in [5.74, 6) is -0.229. The summed E-state index contributed by atoms with van der Waals surface area (Å²) in [7, 11) is -2.34. The van der Waals surface area contributed by atoms with Gasteiger partial charge in [0, 0.05) is 0 Å². The van der Waals surface area contributed by atoms with Crippen molar-refractivity contribution in [3.8, 4) is 0 Å². The van der Waals surface area contributed by atoms with Crippen LogP contribution < -0.4 is 0 Å². The van der Waals surface area contributed by atoms with Crippen molar-refractivity contribution < 1.29 is 18.6 Å². The van der Waals surface area contributed by atoms with E-state index in [2.05, 4.69) is 6.92 Å². The number of carbonyl (C=O) groups excluding carboxylic acids is 1. The zero-order chi connectivity index (χ0) is 14.9.